The molecule has 4 nitrogen and oxygen atoms in total. The predicted octanol–water partition coefficient (Wildman–Crippen LogP) is 1.43. The minimum absolute atomic E-state index is 0.0198. The Balaban J connectivity index is 3.03. The van der Waals surface area contributed by atoms with Gasteiger partial charge < -0.3 is 5.73 Å². The molecule has 2 N–H and O–H groups in total. The van der Waals surface area contributed by atoms with E-state index in [4.69, 9.17) is 5.73 Å². The van der Waals surface area contributed by atoms with Gasteiger partial charge in [0.05, 0.1) is 4.90 Å². The van der Waals surface area contributed by atoms with Crippen LogP contribution in [0, 0.1) is 11.7 Å². The second-order valence-corrected chi connectivity index (χ2v) is 6.19. The SMILES string of the molecule is CCN(CC(C)CN)S(=O)(=O)c1cccc(F)c1. The van der Waals surface area contributed by atoms with E-state index >= 15 is 0 Å². The fourth-order valence-corrected chi connectivity index (χ4v) is 3.20. The van der Waals surface area contributed by atoms with Crippen LogP contribution in [0.1, 0.15) is 13.8 Å². The first-order chi connectivity index (χ1) is 8.41. The molecule has 0 aliphatic carbocycles. The molecule has 0 aliphatic heterocycles. The van der Waals surface area contributed by atoms with Crippen molar-refractivity contribution in [2.45, 2.75) is 18.7 Å². The van der Waals surface area contributed by atoms with Crippen LogP contribution in [0.15, 0.2) is 29.2 Å². The Labute approximate surface area is 108 Å². The van der Waals surface area contributed by atoms with Gasteiger partial charge in [-0.05, 0) is 30.7 Å². The maximum absolute atomic E-state index is 13.1. The number of halogens is 1. The molecule has 0 spiro atoms. The van der Waals surface area contributed by atoms with Gasteiger partial charge in [0, 0.05) is 13.1 Å². The standard InChI is InChI=1S/C12H19FN2O2S/c1-3-15(9-10(2)8-14)18(16,17)12-6-4-5-11(13)7-12/h4-7,10H,3,8-9,14H2,1-2H3. The van der Waals surface area contributed by atoms with Gasteiger partial charge in [-0.1, -0.05) is 19.9 Å². The molecule has 1 aromatic rings. The van der Waals surface area contributed by atoms with E-state index < -0.39 is 15.8 Å². The smallest absolute Gasteiger partial charge is 0.243 e. The zero-order valence-electron chi connectivity index (χ0n) is 10.6. The summed E-state index contributed by atoms with van der Waals surface area (Å²) in [7, 11) is -3.64. The van der Waals surface area contributed by atoms with Gasteiger partial charge in [0.25, 0.3) is 0 Å². The summed E-state index contributed by atoms with van der Waals surface area (Å²) in [6.45, 7) is 4.72. The summed E-state index contributed by atoms with van der Waals surface area (Å²) < 4.78 is 39.0. The molecular formula is C12H19FN2O2S. The number of rotatable bonds is 6. The van der Waals surface area contributed by atoms with Gasteiger partial charge in [-0.3, -0.25) is 0 Å². The summed E-state index contributed by atoms with van der Waals surface area (Å²) in [6, 6.07) is 5.04. The van der Waals surface area contributed by atoms with Gasteiger partial charge in [-0.2, -0.15) is 4.31 Å². The third-order valence-electron chi connectivity index (χ3n) is 2.70. The highest BCUT2D eigenvalue weighted by atomic mass is 32.2. The molecule has 1 aromatic carbocycles. The van der Waals surface area contributed by atoms with Crippen molar-refractivity contribution < 1.29 is 12.8 Å². The summed E-state index contributed by atoms with van der Waals surface area (Å²) in [4.78, 5) is -0.0198. The molecule has 0 amide bonds. The van der Waals surface area contributed by atoms with Crippen molar-refractivity contribution in [3.8, 4) is 0 Å². The molecule has 102 valence electrons. The zero-order chi connectivity index (χ0) is 13.8. The summed E-state index contributed by atoms with van der Waals surface area (Å²) in [6.07, 6.45) is 0. The van der Waals surface area contributed by atoms with Crippen LogP contribution in [0.4, 0.5) is 4.39 Å². The van der Waals surface area contributed by atoms with Crippen molar-refractivity contribution in [3.63, 3.8) is 0 Å². The molecule has 0 aromatic heterocycles. The van der Waals surface area contributed by atoms with Gasteiger partial charge in [0.2, 0.25) is 10.0 Å². The van der Waals surface area contributed by atoms with E-state index in [2.05, 4.69) is 0 Å². The molecule has 0 aliphatic rings. The van der Waals surface area contributed by atoms with Gasteiger partial charge in [-0.25, -0.2) is 12.8 Å². The quantitative estimate of drug-likeness (QED) is 0.853. The second-order valence-electron chi connectivity index (χ2n) is 4.25. The van der Waals surface area contributed by atoms with Crippen LogP contribution < -0.4 is 5.73 Å². The lowest BCUT2D eigenvalue weighted by Crippen LogP contribution is -2.36. The Morgan fingerprint density at radius 2 is 2.11 bits per heavy atom. The van der Waals surface area contributed by atoms with Crippen LogP contribution in [0.3, 0.4) is 0 Å². The Bertz CT molecular complexity index is 491. The average molecular weight is 274 g/mol. The number of hydrogen-bond acceptors (Lipinski definition) is 3. The third kappa shape index (κ3) is 3.51. The number of nitrogens with zero attached hydrogens (tertiary/aromatic N) is 1. The van der Waals surface area contributed by atoms with Gasteiger partial charge in [-0.15, -0.1) is 0 Å². The maximum atomic E-state index is 13.1. The molecule has 0 saturated heterocycles. The molecule has 1 unspecified atom stereocenters. The molecule has 0 heterocycles. The van der Waals surface area contributed by atoms with Crippen LogP contribution in [0.2, 0.25) is 0 Å². The number of hydrogen-bond donors (Lipinski definition) is 1. The maximum Gasteiger partial charge on any atom is 0.243 e. The van der Waals surface area contributed by atoms with Crippen molar-refractivity contribution in [1.82, 2.24) is 4.31 Å². The third-order valence-corrected chi connectivity index (χ3v) is 4.64. The minimum Gasteiger partial charge on any atom is -0.330 e. The first kappa shape index (κ1) is 15.1. The predicted molar refractivity (Wildman–Crippen MR) is 69.1 cm³/mol. The molecule has 6 heteroatoms. The minimum atomic E-state index is -3.64. The molecule has 0 bridgehead atoms. The molecule has 0 fully saturated rings. The molecule has 1 rings (SSSR count). The highest BCUT2D eigenvalue weighted by Crippen LogP contribution is 2.17. The monoisotopic (exact) mass is 274 g/mol. The Hall–Kier alpha value is -0.980. The van der Waals surface area contributed by atoms with E-state index in [1.807, 2.05) is 6.92 Å². The highest BCUT2D eigenvalue weighted by molar-refractivity contribution is 7.89. The lowest BCUT2D eigenvalue weighted by molar-refractivity contribution is 0.371. The fourth-order valence-electron chi connectivity index (χ4n) is 1.60. The summed E-state index contributed by atoms with van der Waals surface area (Å²) in [5.74, 6) is -0.493. The van der Waals surface area contributed by atoms with Crippen molar-refractivity contribution >= 4 is 10.0 Å². The fraction of sp³-hybridized carbons (Fsp3) is 0.500. The molecule has 1 atom stereocenters. The first-order valence-electron chi connectivity index (χ1n) is 5.87. The van der Waals surface area contributed by atoms with E-state index in [0.29, 0.717) is 19.6 Å². The number of sulfonamides is 1. The number of benzene rings is 1. The summed E-state index contributed by atoms with van der Waals surface area (Å²) in [5, 5.41) is 0. The van der Waals surface area contributed by atoms with Gasteiger partial charge >= 0.3 is 0 Å². The lowest BCUT2D eigenvalue weighted by atomic mass is 10.2. The van der Waals surface area contributed by atoms with Crippen LogP contribution in [-0.2, 0) is 10.0 Å². The van der Waals surface area contributed by atoms with E-state index in [-0.39, 0.29) is 10.8 Å². The van der Waals surface area contributed by atoms with Crippen molar-refractivity contribution in [2.75, 3.05) is 19.6 Å². The molecule has 0 saturated carbocycles. The van der Waals surface area contributed by atoms with Gasteiger partial charge in [0.15, 0.2) is 0 Å². The lowest BCUT2D eigenvalue weighted by Gasteiger charge is -2.23. The first-order valence-corrected chi connectivity index (χ1v) is 7.31. The van der Waals surface area contributed by atoms with E-state index in [1.54, 1.807) is 6.92 Å². The molecular weight excluding hydrogens is 255 g/mol. The Kier molecular flexibility index (Phi) is 5.25. The summed E-state index contributed by atoms with van der Waals surface area (Å²) >= 11 is 0. The van der Waals surface area contributed by atoms with E-state index in [1.165, 1.54) is 22.5 Å². The van der Waals surface area contributed by atoms with Crippen LogP contribution in [-0.4, -0.2) is 32.4 Å². The molecule has 18 heavy (non-hydrogen) atoms. The van der Waals surface area contributed by atoms with E-state index in [9.17, 15) is 12.8 Å². The van der Waals surface area contributed by atoms with E-state index in [0.717, 1.165) is 6.07 Å². The van der Waals surface area contributed by atoms with Gasteiger partial charge in [0.1, 0.15) is 5.82 Å². The molecule has 0 radical (unpaired) electrons. The summed E-state index contributed by atoms with van der Waals surface area (Å²) in [5.41, 5.74) is 5.50. The van der Waals surface area contributed by atoms with Crippen molar-refractivity contribution in [1.29, 1.82) is 0 Å². The zero-order valence-corrected chi connectivity index (χ0v) is 11.5. The normalized spacial score (nSPS) is 13.8. The Morgan fingerprint density at radius 1 is 1.44 bits per heavy atom. The van der Waals surface area contributed by atoms with Crippen molar-refractivity contribution in [3.05, 3.63) is 30.1 Å². The highest BCUT2D eigenvalue weighted by Gasteiger charge is 2.24. The van der Waals surface area contributed by atoms with Crippen LogP contribution in [0.25, 0.3) is 0 Å². The number of nitrogens with two attached hydrogens (primary N) is 1. The topological polar surface area (TPSA) is 63.4 Å². The largest absolute Gasteiger partial charge is 0.330 e. The Morgan fingerprint density at radius 3 is 2.61 bits per heavy atom. The van der Waals surface area contributed by atoms with Crippen molar-refractivity contribution in [2.24, 2.45) is 11.7 Å². The average Bonchev–Trinajstić information content (AvgIpc) is 2.35. The van der Waals surface area contributed by atoms with Crippen LogP contribution >= 0.6 is 0 Å². The second kappa shape index (κ2) is 6.26. The van der Waals surface area contributed by atoms with Crippen LogP contribution in [0.5, 0.6) is 0 Å².